The maximum absolute atomic E-state index is 12.0. The molecule has 0 aliphatic carbocycles. The van der Waals surface area contributed by atoms with Crippen molar-refractivity contribution in [1.29, 1.82) is 0 Å². The minimum absolute atomic E-state index is 0.300. The van der Waals surface area contributed by atoms with Gasteiger partial charge in [0.2, 0.25) is 5.91 Å². The summed E-state index contributed by atoms with van der Waals surface area (Å²) in [6.45, 7) is 6.95. The van der Waals surface area contributed by atoms with Gasteiger partial charge >= 0.3 is 0 Å². The van der Waals surface area contributed by atoms with Crippen molar-refractivity contribution < 1.29 is 4.79 Å². The third-order valence-corrected chi connectivity index (χ3v) is 4.08. The zero-order chi connectivity index (χ0) is 14.4. The summed E-state index contributed by atoms with van der Waals surface area (Å²) in [4.78, 5) is 14.0. The first-order chi connectivity index (χ1) is 9.70. The number of nitrogens with one attached hydrogen (secondary N) is 1. The van der Waals surface area contributed by atoms with Crippen molar-refractivity contribution in [3.05, 3.63) is 35.4 Å². The number of carbonyl (C=O) groups is 1. The van der Waals surface area contributed by atoms with Gasteiger partial charge in [-0.25, -0.2) is 0 Å². The highest BCUT2D eigenvalue weighted by Crippen LogP contribution is 2.17. The quantitative estimate of drug-likeness (QED) is 0.864. The van der Waals surface area contributed by atoms with Crippen LogP contribution in [0.4, 0.5) is 0 Å². The second-order valence-electron chi connectivity index (χ2n) is 5.66. The third-order valence-electron chi connectivity index (χ3n) is 4.08. The fourth-order valence-electron chi connectivity index (χ4n) is 2.77. The van der Waals surface area contributed by atoms with Gasteiger partial charge in [-0.3, -0.25) is 4.79 Å². The number of carbonyl (C=O) groups excluding carboxylic acids is 1. The van der Waals surface area contributed by atoms with Crippen LogP contribution in [-0.2, 0) is 4.79 Å². The smallest absolute Gasteiger partial charge is 0.223 e. The zero-order valence-corrected chi connectivity index (χ0v) is 12.7. The highest BCUT2D eigenvalue weighted by Gasteiger charge is 2.17. The lowest BCUT2D eigenvalue weighted by atomic mass is 10.0. The molecule has 3 heteroatoms. The SMILES string of the molecule is CCC(NCCC(=O)N1CCCC1)c1ccc(C)cc1. The van der Waals surface area contributed by atoms with Gasteiger partial charge in [0.05, 0.1) is 0 Å². The van der Waals surface area contributed by atoms with Crippen LogP contribution >= 0.6 is 0 Å². The van der Waals surface area contributed by atoms with Crippen LogP contribution in [0.3, 0.4) is 0 Å². The molecule has 0 radical (unpaired) electrons. The van der Waals surface area contributed by atoms with Gasteiger partial charge in [0.15, 0.2) is 0 Å². The Balaban J connectivity index is 1.78. The summed E-state index contributed by atoms with van der Waals surface area (Å²) in [5, 5.41) is 3.51. The molecule has 1 aromatic carbocycles. The lowest BCUT2D eigenvalue weighted by Crippen LogP contribution is -2.31. The van der Waals surface area contributed by atoms with Gasteiger partial charge in [-0.05, 0) is 31.7 Å². The Morgan fingerprint density at radius 3 is 2.50 bits per heavy atom. The average Bonchev–Trinajstić information content (AvgIpc) is 2.99. The van der Waals surface area contributed by atoms with Crippen molar-refractivity contribution in [1.82, 2.24) is 10.2 Å². The van der Waals surface area contributed by atoms with E-state index in [4.69, 9.17) is 0 Å². The van der Waals surface area contributed by atoms with Crippen LogP contribution in [0, 0.1) is 6.92 Å². The number of aryl methyl sites for hydroxylation is 1. The van der Waals surface area contributed by atoms with Crippen molar-refractivity contribution in [3.8, 4) is 0 Å². The highest BCUT2D eigenvalue weighted by atomic mass is 16.2. The molecule has 110 valence electrons. The first kappa shape index (κ1) is 15.0. The molecule has 1 N–H and O–H groups in total. The Morgan fingerprint density at radius 2 is 1.90 bits per heavy atom. The van der Waals surface area contributed by atoms with Crippen molar-refractivity contribution in [2.24, 2.45) is 0 Å². The summed E-state index contributed by atoms with van der Waals surface area (Å²) in [6, 6.07) is 9.00. The molecule has 0 spiro atoms. The Hall–Kier alpha value is -1.35. The van der Waals surface area contributed by atoms with Gasteiger partial charge in [0.1, 0.15) is 0 Å². The highest BCUT2D eigenvalue weighted by molar-refractivity contribution is 5.76. The van der Waals surface area contributed by atoms with Gasteiger partial charge < -0.3 is 10.2 Å². The number of rotatable bonds is 6. The molecule has 0 saturated carbocycles. The van der Waals surface area contributed by atoms with Crippen LogP contribution in [0.5, 0.6) is 0 Å². The fourth-order valence-corrected chi connectivity index (χ4v) is 2.77. The van der Waals surface area contributed by atoms with Gasteiger partial charge in [0, 0.05) is 32.1 Å². The predicted octanol–water partition coefficient (Wildman–Crippen LogP) is 3.05. The largest absolute Gasteiger partial charge is 0.343 e. The summed E-state index contributed by atoms with van der Waals surface area (Å²) < 4.78 is 0. The zero-order valence-electron chi connectivity index (χ0n) is 12.7. The van der Waals surface area contributed by atoms with Crippen molar-refractivity contribution in [2.45, 2.75) is 45.6 Å². The van der Waals surface area contributed by atoms with E-state index in [9.17, 15) is 4.79 Å². The molecule has 1 aliphatic heterocycles. The van der Waals surface area contributed by atoms with Crippen LogP contribution in [0.1, 0.15) is 49.8 Å². The van der Waals surface area contributed by atoms with E-state index in [0.717, 1.165) is 26.1 Å². The molecule has 1 saturated heterocycles. The first-order valence-electron chi connectivity index (χ1n) is 7.78. The number of hydrogen-bond acceptors (Lipinski definition) is 2. The van der Waals surface area contributed by atoms with Crippen LogP contribution < -0.4 is 5.32 Å². The van der Waals surface area contributed by atoms with Crippen LogP contribution in [0.2, 0.25) is 0 Å². The number of amides is 1. The lowest BCUT2D eigenvalue weighted by Gasteiger charge is -2.19. The lowest BCUT2D eigenvalue weighted by molar-refractivity contribution is -0.130. The summed E-state index contributed by atoms with van der Waals surface area (Å²) in [5.41, 5.74) is 2.60. The van der Waals surface area contributed by atoms with E-state index in [0.29, 0.717) is 18.4 Å². The summed E-state index contributed by atoms with van der Waals surface area (Å²) in [5.74, 6) is 0.300. The van der Waals surface area contributed by atoms with Crippen LogP contribution in [0.25, 0.3) is 0 Å². The van der Waals surface area contributed by atoms with E-state index in [-0.39, 0.29) is 0 Å². The van der Waals surface area contributed by atoms with Crippen LogP contribution in [-0.4, -0.2) is 30.4 Å². The number of likely N-dealkylation sites (tertiary alicyclic amines) is 1. The predicted molar refractivity (Wildman–Crippen MR) is 82.6 cm³/mol. The van der Waals surface area contributed by atoms with E-state index >= 15 is 0 Å². The van der Waals surface area contributed by atoms with E-state index in [1.807, 2.05) is 4.90 Å². The molecule has 0 bridgehead atoms. The van der Waals surface area contributed by atoms with E-state index in [1.165, 1.54) is 24.0 Å². The Morgan fingerprint density at radius 1 is 1.25 bits per heavy atom. The second-order valence-corrected chi connectivity index (χ2v) is 5.66. The third kappa shape index (κ3) is 4.07. The standard InChI is InChI=1S/C17H26N2O/c1-3-16(15-8-6-14(2)7-9-15)18-11-10-17(20)19-12-4-5-13-19/h6-9,16,18H,3-5,10-13H2,1-2H3. The maximum atomic E-state index is 12.0. The second kappa shape index (κ2) is 7.44. The number of nitrogens with zero attached hydrogens (tertiary/aromatic N) is 1. The topological polar surface area (TPSA) is 32.3 Å². The van der Waals surface area contributed by atoms with Gasteiger partial charge in [-0.15, -0.1) is 0 Å². The summed E-state index contributed by atoms with van der Waals surface area (Å²) >= 11 is 0. The molecule has 1 aliphatic rings. The molecule has 1 fully saturated rings. The Bertz CT molecular complexity index is 421. The number of hydrogen-bond donors (Lipinski definition) is 1. The van der Waals surface area contributed by atoms with Crippen molar-refractivity contribution in [3.63, 3.8) is 0 Å². The molecule has 1 heterocycles. The monoisotopic (exact) mass is 274 g/mol. The Labute approximate surface area is 122 Å². The minimum atomic E-state index is 0.300. The number of benzene rings is 1. The molecule has 3 nitrogen and oxygen atoms in total. The Kier molecular flexibility index (Phi) is 5.60. The minimum Gasteiger partial charge on any atom is -0.343 e. The van der Waals surface area contributed by atoms with Gasteiger partial charge in [-0.2, -0.15) is 0 Å². The van der Waals surface area contributed by atoms with Crippen LogP contribution in [0.15, 0.2) is 24.3 Å². The molecule has 0 aromatic heterocycles. The van der Waals surface area contributed by atoms with Crippen molar-refractivity contribution in [2.75, 3.05) is 19.6 Å². The maximum Gasteiger partial charge on any atom is 0.223 e. The molecule has 1 atom stereocenters. The average molecular weight is 274 g/mol. The normalized spacial score (nSPS) is 16.4. The first-order valence-corrected chi connectivity index (χ1v) is 7.78. The molecule has 1 aromatic rings. The molecule has 2 rings (SSSR count). The van der Waals surface area contributed by atoms with E-state index in [1.54, 1.807) is 0 Å². The molecule has 1 amide bonds. The van der Waals surface area contributed by atoms with Crippen molar-refractivity contribution >= 4 is 5.91 Å². The molecule has 20 heavy (non-hydrogen) atoms. The summed E-state index contributed by atoms with van der Waals surface area (Å²) in [6.07, 6.45) is 3.99. The molecular weight excluding hydrogens is 248 g/mol. The van der Waals surface area contributed by atoms with Gasteiger partial charge in [-0.1, -0.05) is 36.8 Å². The van der Waals surface area contributed by atoms with E-state index < -0.39 is 0 Å². The van der Waals surface area contributed by atoms with Gasteiger partial charge in [0.25, 0.3) is 0 Å². The molecule has 1 unspecified atom stereocenters. The fraction of sp³-hybridized carbons (Fsp3) is 0.588. The summed E-state index contributed by atoms with van der Waals surface area (Å²) in [7, 11) is 0. The molecular formula is C17H26N2O. The van der Waals surface area contributed by atoms with E-state index in [2.05, 4.69) is 43.4 Å².